The molecule has 19 heavy (non-hydrogen) atoms. The van der Waals surface area contributed by atoms with Crippen LogP contribution in [0.5, 0.6) is 0 Å². The summed E-state index contributed by atoms with van der Waals surface area (Å²) >= 11 is 6.08. The Labute approximate surface area is 118 Å². The average molecular weight is 283 g/mol. The van der Waals surface area contributed by atoms with Crippen molar-refractivity contribution >= 4 is 23.4 Å². The van der Waals surface area contributed by atoms with E-state index >= 15 is 0 Å². The standard InChI is InChI=1S/C14H19ClN2O2/c1-4-17(3)14(19)10(2)16-13(18)12(15)11-8-6-5-7-9-11/h5-10,12H,4H2,1-3H3,(H,16,18). The minimum Gasteiger partial charge on any atom is -0.344 e. The molecule has 0 aliphatic rings. The third-order valence-electron chi connectivity index (χ3n) is 2.90. The number of nitrogens with zero attached hydrogens (tertiary/aromatic N) is 1. The summed E-state index contributed by atoms with van der Waals surface area (Å²) in [6.07, 6.45) is 0. The molecule has 0 fully saturated rings. The summed E-state index contributed by atoms with van der Waals surface area (Å²) in [5.74, 6) is -0.494. The molecule has 1 aromatic rings. The lowest BCUT2D eigenvalue weighted by Crippen LogP contribution is -2.46. The first-order valence-electron chi connectivity index (χ1n) is 6.21. The van der Waals surface area contributed by atoms with E-state index in [1.165, 1.54) is 0 Å². The van der Waals surface area contributed by atoms with Crippen LogP contribution in [0.15, 0.2) is 30.3 Å². The molecule has 0 radical (unpaired) electrons. The van der Waals surface area contributed by atoms with Crippen molar-refractivity contribution in [2.75, 3.05) is 13.6 Å². The van der Waals surface area contributed by atoms with Crippen molar-refractivity contribution in [1.29, 1.82) is 0 Å². The highest BCUT2D eigenvalue weighted by Crippen LogP contribution is 2.20. The SMILES string of the molecule is CCN(C)C(=O)C(C)NC(=O)C(Cl)c1ccccc1. The highest BCUT2D eigenvalue weighted by atomic mass is 35.5. The van der Waals surface area contributed by atoms with Gasteiger partial charge < -0.3 is 10.2 Å². The molecule has 0 spiro atoms. The number of hydrogen-bond acceptors (Lipinski definition) is 2. The van der Waals surface area contributed by atoms with Crippen molar-refractivity contribution in [3.05, 3.63) is 35.9 Å². The van der Waals surface area contributed by atoms with Gasteiger partial charge in [-0.25, -0.2) is 0 Å². The predicted molar refractivity (Wildman–Crippen MR) is 76.0 cm³/mol. The Hall–Kier alpha value is -1.55. The number of halogens is 1. The molecule has 0 saturated carbocycles. The van der Waals surface area contributed by atoms with Gasteiger partial charge in [-0.2, -0.15) is 0 Å². The van der Waals surface area contributed by atoms with Crippen molar-refractivity contribution in [1.82, 2.24) is 10.2 Å². The van der Waals surface area contributed by atoms with Crippen molar-refractivity contribution in [2.24, 2.45) is 0 Å². The maximum absolute atomic E-state index is 12.0. The largest absolute Gasteiger partial charge is 0.344 e. The Kier molecular flexibility index (Phi) is 5.83. The molecule has 1 N–H and O–H groups in total. The molecule has 0 saturated heterocycles. The Morgan fingerprint density at radius 2 is 1.89 bits per heavy atom. The van der Waals surface area contributed by atoms with E-state index in [1.54, 1.807) is 31.0 Å². The Morgan fingerprint density at radius 1 is 1.32 bits per heavy atom. The monoisotopic (exact) mass is 282 g/mol. The van der Waals surface area contributed by atoms with Gasteiger partial charge in [0.2, 0.25) is 11.8 Å². The fraction of sp³-hybridized carbons (Fsp3) is 0.429. The molecule has 0 bridgehead atoms. The van der Waals surface area contributed by atoms with Crippen LogP contribution in [0.1, 0.15) is 24.8 Å². The lowest BCUT2D eigenvalue weighted by Gasteiger charge is -2.21. The number of benzene rings is 1. The molecule has 0 aliphatic heterocycles. The summed E-state index contributed by atoms with van der Waals surface area (Å²) in [6.45, 7) is 4.13. The molecule has 2 unspecified atom stereocenters. The van der Waals surface area contributed by atoms with Gasteiger partial charge in [-0.15, -0.1) is 11.6 Å². The van der Waals surface area contributed by atoms with Gasteiger partial charge in [0.25, 0.3) is 0 Å². The first kappa shape index (κ1) is 15.5. The molecule has 5 heteroatoms. The first-order chi connectivity index (χ1) is 8.97. The second kappa shape index (κ2) is 7.14. The predicted octanol–water partition coefficient (Wildman–Crippen LogP) is 1.95. The number of hydrogen-bond donors (Lipinski definition) is 1. The fourth-order valence-electron chi connectivity index (χ4n) is 1.61. The number of nitrogens with one attached hydrogen (secondary N) is 1. The Bertz CT molecular complexity index is 436. The zero-order chi connectivity index (χ0) is 14.4. The second-order valence-electron chi connectivity index (χ2n) is 4.36. The van der Waals surface area contributed by atoms with Crippen LogP contribution in [0.3, 0.4) is 0 Å². The van der Waals surface area contributed by atoms with Gasteiger partial charge in [0, 0.05) is 13.6 Å². The topological polar surface area (TPSA) is 49.4 Å². The summed E-state index contributed by atoms with van der Waals surface area (Å²) in [6, 6.07) is 8.47. The number of likely N-dealkylation sites (N-methyl/N-ethyl adjacent to an activating group) is 1. The first-order valence-corrected chi connectivity index (χ1v) is 6.65. The third-order valence-corrected chi connectivity index (χ3v) is 3.35. The molecule has 2 atom stereocenters. The van der Waals surface area contributed by atoms with Gasteiger partial charge in [0.1, 0.15) is 11.4 Å². The normalized spacial score (nSPS) is 13.5. The van der Waals surface area contributed by atoms with Crippen LogP contribution >= 0.6 is 11.6 Å². The quantitative estimate of drug-likeness (QED) is 0.839. The molecule has 0 aliphatic carbocycles. The summed E-state index contributed by atoms with van der Waals surface area (Å²) in [5, 5.41) is 1.84. The smallest absolute Gasteiger partial charge is 0.244 e. The van der Waals surface area contributed by atoms with Crippen LogP contribution in [0.4, 0.5) is 0 Å². The zero-order valence-corrected chi connectivity index (χ0v) is 12.1. The molecule has 4 nitrogen and oxygen atoms in total. The number of alkyl halides is 1. The molecule has 2 amide bonds. The average Bonchev–Trinajstić information content (AvgIpc) is 2.45. The summed E-state index contributed by atoms with van der Waals surface area (Å²) in [4.78, 5) is 25.3. The molecular weight excluding hydrogens is 264 g/mol. The van der Waals surface area contributed by atoms with E-state index in [2.05, 4.69) is 5.32 Å². The third kappa shape index (κ3) is 4.24. The van der Waals surface area contributed by atoms with Crippen molar-refractivity contribution < 1.29 is 9.59 Å². The van der Waals surface area contributed by atoms with Crippen molar-refractivity contribution in [2.45, 2.75) is 25.3 Å². The van der Waals surface area contributed by atoms with Crippen molar-refractivity contribution in [3.8, 4) is 0 Å². The number of rotatable bonds is 5. The summed E-state index contributed by atoms with van der Waals surface area (Å²) < 4.78 is 0. The molecular formula is C14H19ClN2O2. The molecule has 1 aromatic carbocycles. The van der Waals surface area contributed by atoms with Crippen LogP contribution in [0.25, 0.3) is 0 Å². The summed E-state index contributed by atoms with van der Waals surface area (Å²) in [5.41, 5.74) is 0.713. The lowest BCUT2D eigenvalue weighted by molar-refractivity contribution is -0.134. The van der Waals surface area contributed by atoms with Crippen LogP contribution in [-0.4, -0.2) is 36.3 Å². The maximum Gasteiger partial charge on any atom is 0.244 e. The van der Waals surface area contributed by atoms with Gasteiger partial charge in [0.15, 0.2) is 0 Å². The van der Waals surface area contributed by atoms with Crippen LogP contribution in [-0.2, 0) is 9.59 Å². The highest BCUT2D eigenvalue weighted by Gasteiger charge is 2.23. The zero-order valence-electron chi connectivity index (χ0n) is 11.4. The van der Waals surface area contributed by atoms with E-state index in [4.69, 9.17) is 11.6 Å². The van der Waals surface area contributed by atoms with E-state index in [9.17, 15) is 9.59 Å². The minimum atomic E-state index is -0.789. The van der Waals surface area contributed by atoms with Gasteiger partial charge in [-0.1, -0.05) is 30.3 Å². The fourth-order valence-corrected chi connectivity index (χ4v) is 1.82. The van der Waals surface area contributed by atoms with E-state index in [0.717, 1.165) is 0 Å². The van der Waals surface area contributed by atoms with Gasteiger partial charge in [0.05, 0.1) is 0 Å². The lowest BCUT2D eigenvalue weighted by atomic mass is 10.1. The van der Waals surface area contributed by atoms with E-state index in [1.807, 2.05) is 25.1 Å². The van der Waals surface area contributed by atoms with Gasteiger partial charge in [-0.3, -0.25) is 9.59 Å². The van der Waals surface area contributed by atoms with E-state index in [0.29, 0.717) is 12.1 Å². The minimum absolute atomic E-state index is 0.132. The molecule has 0 heterocycles. The number of carbonyl (C=O) groups is 2. The van der Waals surface area contributed by atoms with Gasteiger partial charge in [-0.05, 0) is 19.4 Å². The van der Waals surface area contributed by atoms with E-state index < -0.39 is 11.4 Å². The Morgan fingerprint density at radius 3 is 2.42 bits per heavy atom. The maximum atomic E-state index is 12.0. The van der Waals surface area contributed by atoms with Crippen LogP contribution in [0, 0.1) is 0 Å². The number of amides is 2. The van der Waals surface area contributed by atoms with Crippen molar-refractivity contribution in [3.63, 3.8) is 0 Å². The molecule has 0 aromatic heterocycles. The highest BCUT2D eigenvalue weighted by molar-refractivity contribution is 6.30. The number of carbonyl (C=O) groups excluding carboxylic acids is 2. The van der Waals surface area contributed by atoms with Crippen LogP contribution in [0.2, 0.25) is 0 Å². The summed E-state index contributed by atoms with van der Waals surface area (Å²) in [7, 11) is 1.69. The Balaban J connectivity index is 2.62. The molecule has 1 rings (SSSR count). The van der Waals surface area contributed by atoms with Crippen LogP contribution < -0.4 is 5.32 Å². The van der Waals surface area contributed by atoms with E-state index in [-0.39, 0.29) is 11.8 Å². The second-order valence-corrected chi connectivity index (χ2v) is 4.79. The van der Waals surface area contributed by atoms with Gasteiger partial charge >= 0.3 is 0 Å². The molecule has 104 valence electrons.